The van der Waals surface area contributed by atoms with Crippen LogP contribution >= 0.6 is 0 Å². The van der Waals surface area contributed by atoms with Crippen LogP contribution in [0.25, 0.3) is 0 Å². The number of hydrogen-bond acceptors (Lipinski definition) is 3. The number of amides is 3. The smallest absolute Gasteiger partial charge is 0.272 e. The van der Waals surface area contributed by atoms with Crippen LogP contribution in [0.1, 0.15) is 31.1 Å². The lowest BCUT2D eigenvalue weighted by atomic mass is 10.1. The quantitative estimate of drug-likeness (QED) is 0.737. The fraction of sp³-hybridized carbons (Fsp3) is 0. The number of nitrogens with one attached hydrogen (secondary N) is 2. The minimum atomic E-state index is -0.778. The lowest BCUT2D eigenvalue weighted by molar-refractivity contribution is 0.0844. The van der Waals surface area contributed by atoms with Crippen LogP contribution in [-0.4, -0.2) is 17.7 Å². The first-order valence-corrected chi connectivity index (χ1v) is 6.24. The van der Waals surface area contributed by atoms with Crippen molar-refractivity contribution in [1.29, 1.82) is 0 Å². The van der Waals surface area contributed by atoms with Gasteiger partial charge < -0.3 is 5.73 Å². The summed E-state index contributed by atoms with van der Waals surface area (Å²) in [5.41, 5.74) is 9.62. The van der Waals surface area contributed by atoms with Gasteiger partial charge in [0.15, 0.2) is 0 Å². The van der Waals surface area contributed by atoms with Crippen molar-refractivity contribution in [2.75, 3.05) is 0 Å². The highest BCUT2D eigenvalue weighted by molar-refractivity contribution is 6.00. The lowest BCUT2D eigenvalue weighted by Crippen LogP contribution is -2.41. The molecular weight excluding hydrogens is 289 g/mol. The normalized spacial score (nSPS) is 9.86. The Morgan fingerprint density at radius 3 is 1.95 bits per heavy atom. The van der Waals surface area contributed by atoms with Crippen molar-refractivity contribution in [2.45, 2.75) is 0 Å². The maximum atomic E-state index is 13.4. The molecule has 0 saturated carbocycles. The van der Waals surface area contributed by atoms with Gasteiger partial charge in [0.1, 0.15) is 5.82 Å². The number of halogens is 1. The second-order valence-electron chi connectivity index (χ2n) is 4.33. The van der Waals surface area contributed by atoms with Crippen LogP contribution in [-0.2, 0) is 0 Å². The summed E-state index contributed by atoms with van der Waals surface area (Å²) in [5, 5.41) is 0. The van der Waals surface area contributed by atoms with Crippen molar-refractivity contribution < 1.29 is 18.8 Å². The molecule has 0 radical (unpaired) electrons. The summed E-state index contributed by atoms with van der Waals surface area (Å²) in [6.07, 6.45) is 0. The molecule has 0 aliphatic rings. The molecule has 7 heteroatoms. The molecule has 0 unspecified atom stereocenters. The molecule has 0 saturated heterocycles. The minimum absolute atomic E-state index is 0.188. The molecule has 22 heavy (non-hydrogen) atoms. The summed E-state index contributed by atoms with van der Waals surface area (Å²) < 4.78 is 13.4. The van der Waals surface area contributed by atoms with Crippen LogP contribution in [0.15, 0.2) is 48.5 Å². The van der Waals surface area contributed by atoms with Gasteiger partial charge in [-0.3, -0.25) is 25.2 Å². The van der Waals surface area contributed by atoms with Gasteiger partial charge in [-0.1, -0.05) is 12.1 Å². The van der Waals surface area contributed by atoms with Crippen LogP contribution in [0.2, 0.25) is 0 Å². The summed E-state index contributed by atoms with van der Waals surface area (Å²) in [4.78, 5) is 34.4. The van der Waals surface area contributed by atoms with E-state index in [0.717, 1.165) is 6.07 Å². The highest BCUT2D eigenvalue weighted by atomic mass is 19.1. The van der Waals surface area contributed by atoms with Crippen molar-refractivity contribution in [2.24, 2.45) is 5.73 Å². The molecule has 0 heterocycles. The van der Waals surface area contributed by atoms with Crippen LogP contribution < -0.4 is 16.6 Å². The van der Waals surface area contributed by atoms with Crippen LogP contribution in [0.4, 0.5) is 4.39 Å². The van der Waals surface area contributed by atoms with E-state index in [1.165, 1.54) is 42.5 Å². The van der Waals surface area contributed by atoms with Crippen LogP contribution in [0, 0.1) is 5.82 Å². The average Bonchev–Trinajstić information content (AvgIpc) is 2.52. The van der Waals surface area contributed by atoms with Crippen molar-refractivity contribution in [1.82, 2.24) is 10.9 Å². The third-order valence-electron chi connectivity index (χ3n) is 2.84. The fourth-order valence-corrected chi connectivity index (χ4v) is 1.68. The van der Waals surface area contributed by atoms with Crippen LogP contribution in [0.5, 0.6) is 0 Å². The largest absolute Gasteiger partial charge is 0.366 e. The molecule has 0 spiro atoms. The summed E-state index contributed by atoms with van der Waals surface area (Å²) in [5.74, 6) is -2.69. The molecule has 6 nitrogen and oxygen atoms in total. The maximum absolute atomic E-state index is 13.4. The van der Waals surface area contributed by atoms with Gasteiger partial charge in [0.25, 0.3) is 11.8 Å². The zero-order valence-electron chi connectivity index (χ0n) is 11.3. The molecule has 2 aromatic rings. The van der Waals surface area contributed by atoms with Gasteiger partial charge in [-0.05, 0) is 36.4 Å². The Bertz CT molecular complexity index is 729. The topological polar surface area (TPSA) is 101 Å². The third kappa shape index (κ3) is 3.45. The highest BCUT2D eigenvalue weighted by Gasteiger charge is 2.12. The first-order valence-electron chi connectivity index (χ1n) is 6.24. The third-order valence-corrected chi connectivity index (χ3v) is 2.84. The van der Waals surface area contributed by atoms with Gasteiger partial charge in [-0.2, -0.15) is 0 Å². The predicted molar refractivity (Wildman–Crippen MR) is 76.3 cm³/mol. The summed E-state index contributed by atoms with van der Waals surface area (Å²) in [6, 6.07) is 10.9. The summed E-state index contributed by atoms with van der Waals surface area (Å²) >= 11 is 0. The Kier molecular flexibility index (Phi) is 4.47. The Balaban J connectivity index is 1.99. The molecule has 0 aromatic heterocycles. The van der Waals surface area contributed by atoms with Crippen LogP contribution in [0.3, 0.4) is 0 Å². The molecule has 112 valence electrons. The van der Waals surface area contributed by atoms with E-state index in [2.05, 4.69) is 10.9 Å². The zero-order valence-corrected chi connectivity index (χ0v) is 11.3. The number of carbonyl (C=O) groups is 3. The molecule has 0 atom stereocenters. The average molecular weight is 301 g/mol. The highest BCUT2D eigenvalue weighted by Crippen LogP contribution is 2.06. The van der Waals surface area contributed by atoms with E-state index in [1.54, 1.807) is 0 Å². The van der Waals surface area contributed by atoms with Gasteiger partial charge in [-0.15, -0.1) is 0 Å². The molecule has 0 fully saturated rings. The number of carbonyl (C=O) groups excluding carboxylic acids is 3. The first-order chi connectivity index (χ1) is 10.5. The standard InChI is InChI=1S/C15H12FN3O3/c16-12-4-2-1-3-11(12)15(22)19-18-14(21)10-7-5-9(6-8-10)13(17)20/h1-8H,(H2,17,20)(H,18,21)(H,19,22). The van der Waals surface area contributed by atoms with Gasteiger partial charge >= 0.3 is 0 Å². The predicted octanol–water partition coefficient (Wildman–Crippen LogP) is 0.999. The molecular formula is C15H12FN3O3. The van der Waals surface area contributed by atoms with E-state index in [-0.39, 0.29) is 16.7 Å². The van der Waals surface area contributed by atoms with Gasteiger partial charge in [-0.25, -0.2) is 4.39 Å². The number of primary amides is 1. The van der Waals surface area contributed by atoms with Crippen molar-refractivity contribution >= 4 is 17.7 Å². The fourth-order valence-electron chi connectivity index (χ4n) is 1.68. The Morgan fingerprint density at radius 1 is 0.818 bits per heavy atom. The van der Waals surface area contributed by atoms with Crippen molar-refractivity contribution in [3.63, 3.8) is 0 Å². The number of nitrogens with two attached hydrogens (primary N) is 1. The first kappa shape index (κ1) is 15.2. The molecule has 2 rings (SSSR count). The monoisotopic (exact) mass is 301 g/mol. The van der Waals surface area contributed by atoms with Gasteiger partial charge in [0, 0.05) is 11.1 Å². The Morgan fingerprint density at radius 2 is 1.36 bits per heavy atom. The summed E-state index contributed by atoms with van der Waals surface area (Å²) in [6.45, 7) is 0. The van der Waals surface area contributed by atoms with E-state index in [1.807, 2.05) is 0 Å². The summed E-state index contributed by atoms with van der Waals surface area (Å²) in [7, 11) is 0. The van der Waals surface area contributed by atoms with E-state index >= 15 is 0 Å². The molecule has 0 bridgehead atoms. The van der Waals surface area contributed by atoms with E-state index in [9.17, 15) is 18.8 Å². The molecule has 4 N–H and O–H groups in total. The lowest BCUT2D eigenvalue weighted by Gasteiger charge is -2.08. The van der Waals surface area contributed by atoms with E-state index < -0.39 is 23.5 Å². The molecule has 0 aliphatic carbocycles. The second kappa shape index (κ2) is 6.49. The number of hydrogen-bond donors (Lipinski definition) is 3. The second-order valence-corrected chi connectivity index (χ2v) is 4.33. The molecule has 3 amide bonds. The number of rotatable bonds is 3. The Labute approximate surface area is 125 Å². The van der Waals surface area contributed by atoms with E-state index in [0.29, 0.717) is 0 Å². The minimum Gasteiger partial charge on any atom is -0.366 e. The van der Waals surface area contributed by atoms with Crippen molar-refractivity contribution in [3.05, 3.63) is 71.0 Å². The van der Waals surface area contributed by atoms with Gasteiger partial charge in [0.05, 0.1) is 5.56 Å². The zero-order chi connectivity index (χ0) is 16.1. The van der Waals surface area contributed by atoms with Gasteiger partial charge in [0.2, 0.25) is 5.91 Å². The Hall–Kier alpha value is -3.22. The van der Waals surface area contributed by atoms with E-state index in [4.69, 9.17) is 5.73 Å². The number of benzene rings is 2. The maximum Gasteiger partial charge on any atom is 0.272 e. The molecule has 2 aromatic carbocycles. The molecule has 0 aliphatic heterocycles. The van der Waals surface area contributed by atoms with Crippen molar-refractivity contribution in [3.8, 4) is 0 Å². The SMILES string of the molecule is NC(=O)c1ccc(C(=O)NNC(=O)c2ccccc2F)cc1. The number of hydrazine groups is 1.